The van der Waals surface area contributed by atoms with Gasteiger partial charge in [-0.25, -0.2) is 4.79 Å². The summed E-state index contributed by atoms with van der Waals surface area (Å²) in [7, 11) is 0. The van der Waals surface area contributed by atoms with Gasteiger partial charge in [0.2, 0.25) is 8.13 Å². The normalized spacial score (nSPS) is 12.7. The van der Waals surface area contributed by atoms with Crippen LogP contribution < -0.4 is 0 Å². The van der Waals surface area contributed by atoms with E-state index in [1.165, 1.54) is 12.4 Å². The summed E-state index contributed by atoms with van der Waals surface area (Å²) in [5.41, 5.74) is 0.286. The van der Waals surface area contributed by atoms with Crippen LogP contribution in [0.1, 0.15) is 18.3 Å². The van der Waals surface area contributed by atoms with Crippen molar-refractivity contribution < 1.29 is 4.79 Å². The highest BCUT2D eigenvalue weighted by molar-refractivity contribution is 6.75. The van der Waals surface area contributed by atoms with E-state index in [9.17, 15) is 4.79 Å². The highest BCUT2D eigenvalue weighted by atomic mass is 35.6. The van der Waals surface area contributed by atoms with Crippen LogP contribution in [0.5, 0.6) is 0 Å². The van der Waals surface area contributed by atoms with Crippen molar-refractivity contribution >= 4 is 64.0 Å². The highest BCUT2D eigenvalue weighted by Gasteiger charge is 2.51. The zero-order valence-corrected chi connectivity index (χ0v) is 14.1. The van der Waals surface area contributed by atoms with E-state index in [0.29, 0.717) is 12.1 Å². The molecule has 0 saturated carbocycles. The molecule has 0 N–H and O–H groups in total. The summed E-state index contributed by atoms with van der Waals surface area (Å²) in [5, 5.41) is 14.6. The fourth-order valence-electron chi connectivity index (χ4n) is 1.56. The lowest BCUT2D eigenvalue weighted by Gasteiger charge is -2.25. The van der Waals surface area contributed by atoms with Crippen LogP contribution in [-0.4, -0.2) is 39.8 Å². The topological polar surface area (TPSA) is 78.5 Å². The Bertz CT molecular complexity index is 646. The van der Waals surface area contributed by atoms with Gasteiger partial charge in [0.15, 0.2) is 0 Å². The van der Waals surface area contributed by atoms with Crippen molar-refractivity contribution in [3.8, 4) is 0 Å². The molecule has 2 heterocycles. The van der Waals surface area contributed by atoms with E-state index in [4.69, 9.17) is 58.0 Å². The molecule has 2 aromatic rings. The maximum atomic E-state index is 12.2. The van der Waals surface area contributed by atoms with Crippen LogP contribution in [0.25, 0.3) is 0 Å². The average molecular weight is 392 g/mol. The number of rotatable bonds is 2. The second kappa shape index (κ2) is 5.89. The summed E-state index contributed by atoms with van der Waals surface area (Å²) in [6.45, 7) is 1.75. The van der Waals surface area contributed by atoms with E-state index in [2.05, 4.69) is 20.6 Å². The summed E-state index contributed by atoms with van der Waals surface area (Å²) in [6, 6.07) is -0.614. The van der Waals surface area contributed by atoms with E-state index in [1.54, 1.807) is 6.92 Å². The summed E-state index contributed by atoms with van der Waals surface area (Å²) in [5.74, 6) is 0. The van der Waals surface area contributed by atoms with Crippen molar-refractivity contribution in [1.82, 2.24) is 30.0 Å². The number of carbonyl (C=O) groups excluding carboxylic acids is 1. The molecule has 21 heavy (non-hydrogen) atoms. The Morgan fingerprint density at radius 3 is 2.38 bits per heavy atom. The molecular weight excluding hydrogens is 385 g/mol. The molecule has 0 unspecified atom stereocenters. The van der Waals surface area contributed by atoms with Gasteiger partial charge in [-0.3, -0.25) is 0 Å². The molecule has 0 bridgehead atoms. The molecule has 0 fully saturated rings. The molecule has 0 spiro atoms. The Balaban J connectivity index is 2.51. The van der Waals surface area contributed by atoms with E-state index in [1.807, 2.05) is 0 Å². The number of alkyl halides is 5. The Hall–Kier alpha value is -0.600. The van der Waals surface area contributed by atoms with Crippen LogP contribution in [0.2, 0.25) is 0 Å². The van der Waals surface area contributed by atoms with Crippen LogP contribution in [-0.2, 0) is 10.8 Å². The van der Waals surface area contributed by atoms with Gasteiger partial charge in [0.05, 0.1) is 18.1 Å². The molecule has 0 aliphatic carbocycles. The minimum atomic E-state index is -2.06. The summed E-state index contributed by atoms with van der Waals surface area (Å²) < 4.78 is -2.09. The molecule has 0 atom stereocenters. The first kappa shape index (κ1) is 16.8. The molecule has 0 saturated heterocycles. The third kappa shape index (κ3) is 2.98. The second-order valence-electron chi connectivity index (χ2n) is 3.85. The number of nitrogens with zero attached hydrogens (tertiary/aromatic N) is 6. The SMILES string of the molecule is CCc1c(C(Cl)(Cl)C(Cl)(Cl)Cl)nnn1C(=O)n1ccnn1. The zero-order chi connectivity index (χ0) is 15.8. The quantitative estimate of drug-likeness (QED) is 0.735. The van der Waals surface area contributed by atoms with Gasteiger partial charge in [-0.05, 0) is 6.42 Å². The minimum Gasteiger partial charge on any atom is -0.243 e. The molecule has 0 amide bonds. The fourth-order valence-corrected chi connectivity index (χ4v) is 2.12. The Morgan fingerprint density at radius 2 is 1.90 bits per heavy atom. The predicted molar refractivity (Wildman–Crippen MR) is 79.3 cm³/mol. The maximum absolute atomic E-state index is 12.2. The molecule has 0 aliphatic heterocycles. The molecule has 2 rings (SSSR count). The highest BCUT2D eigenvalue weighted by Crippen LogP contribution is 2.52. The van der Waals surface area contributed by atoms with Crippen molar-refractivity contribution in [3.63, 3.8) is 0 Å². The first-order valence-electron chi connectivity index (χ1n) is 5.50. The Morgan fingerprint density at radius 1 is 1.24 bits per heavy atom. The second-order valence-corrected chi connectivity index (χ2v) is 7.46. The summed E-state index contributed by atoms with van der Waals surface area (Å²) in [6.07, 6.45) is 3.02. The molecule has 114 valence electrons. The first-order chi connectivity index (χ1) is 9.70. The molecule has 0 radical (unpaired) electrons. The lowest BCUT2D eigenvalue weighted by molar-refractivity contribution is 0.236. The predicted octanol–water partition coefficient (Wildman–Crippen LogP) is 2.95. The Kier molecular flexibility index (Phi) is 4.70. The van der Waals surface area contributed by atoms with Crippen LogP contribution >= 0.6 is 58.0 Å². The third-order valence-electron chi connectivity index (χ3n) is 2.55. The molecule has 0 aromatic carbocycles. The van der Waals surface area contributed by atoms with E-state index in [-0.39, 0.29) is 5.69 Å². The standard InChI is InChI=1S/C9H7Cl5N6O/c1-2-5-6(8(10,11)9(12,13)14)16-18-20(5)7(21)19-4-3-15-17-19/h3-4H,2H2,1H3. The van der Waals surface area contributed by atoms with Gasteiger partial charge in [0.1, 0.15) is 5.69 Å². The van der Waals surface area contributed by atoms with Gasteiger partial charge < -0.3 is 0 Å². The van der Waals surface area contributed by atoms with Crippen molar-refractivity contribution in [2.45, 2.75) is 21.5 Å². The van der Waals surface area contributed by atoms with Crippen molar-refractivity contribution in [2.24, 2.45) is 0 Å². The van der Waals surface area contributed by atoms with E-state index < -0.39 is 14.2 Å². The van der Waals surface area contributed by atoms with Crippen molar-refractivity contribution in [2.75, 3.05) is 0 Å². The van der Waals surface area contributed by atoms with Gasteiger partial charge in [-0.15, -0.1) is 10.2 Å². The van der Waals surface area contributed by atoms with Crippen LogP contribution in [0, 0.1) is 0 Å². The van der Waals surface area contributed by atoms with E-state index >= 15 is 0 Å². The summed E-state index contributed by atoms with van der Waals surface area (Å²) >= 11 is 29.4. The number of halogens is 5. The van der Waals surface area contributed by atoms with Crippen molar-refractivity contribution in [3.05, 3.63) is 23.8 Å². The lowest BCUT2D eigenvalue weighted by atomic mass is 10.2. The molecule has 0 aliphatic rings. The molecule has 2 aromatic heterocycles. The maximum Gasteiger partial charge on any atom is 0.372 e. The molecular formula is C9H7Cl5N6O. The monoisotopic (exact) mass is 390 g/mol. The van der Waals surface area contributed by atoms with Gasteiger partial charge in [0, 0.05) is 0 Å². The largest absolute Gasteiger partial charge is 0.372 e. The number of hydrogen-bond donors (Lipinski definition) is 0. The number of aromatic nitrogens is 6. The Labute approximate surface area is 144 Å². The van der Waals surface area contributed by atoms with Crippen LogP contribution in [0.15, 0.2) is 12.4 Å². The van der Waals surface area contributed by atoms with Gasteiger partial charge >= 0.3 is 6.03 Å². The first-order valence-corrected chi connectivity index (χ1v) is 7.39. The van der Waals surface area contributed by atoms with Gasteiger partial charge in [-0.1, -0.05) is 75.4 Å². The van der Waals surface area contributed by atoms with Gasteiger partial charge in [0.25, 0.3) is 0 Å². The zero-order valence-electron chi connectivity index (χ0n) is 10.3. The fraction of sp³-hybridized carbons (Fsp3) is 0.444. The number of carbonyl (C=O) groups is 1. The minimum absolute atomic E-state index is 0.0122. The smallest absolute Gasteiger partial charge is 0.243 e. The van der Waals surface area contributed by atoms with Crippen LogP contribution in [0.3, 0.4) is 0 Å². The van der Waals surface area contributed by atoms with Crippen molar-refractivity contribution in [1.29, 1.82) is 0 Å². The van der Waals surface area contributed by atoms with Crippen LogP contribution in [0.4, 0.5) is 4.79 Å². The lowest BCUT2D eigenvalue weighted by Crippen LogP contribution is -2.31. The molecule has 12 heteroatoms. The molecule has 7 nitrogen and oxygen atoms in total. The van der Waals surface area contributed by atoms with E-state index in [0.717, 1.165) is 9.36 Å². The average Bonchev–Trinajstić information content (AvgIpc) is 3.05. The summed E-state index contributed by atoms with van der Waals surface area (Å²) in [4.78, 5) is 12.2. The van der Waals surface area contributed by atoms with Gasteiger partial charge in [-0.2, -0.15) is 9.36 Å². The number of hydrogen-bond acceptors (Lipinski definition) is 5. The third-order valence-corrected chi connectivity index (χ3v) is 4.91.